The molecule has 0 radical (unpaired) electrons. The number of benzene rings is 2. The summed E-state index contributed by atoms with van der Waals surface area (Å²) in [5.41, 5.74) is 4.58. The fourth-order valence-corrected chi connectivity index (χ4v) is 5.90. The van der Waals surface area contributed by atoms with E-state index in [-0.39, 0.29) is 17.9 Å². The number of hydrogen-bond acceptors (Lipinski definition) is 4. The number of nitrogens with zero attached hydrogens (tertiary/aromatic N) is 3. The third-order valence-electron chi connectivity index (χ3n) is 6.83. The van der Waals surface area contributed by atoms with Gasteiger partial charge in [-0.05, 0) is 53.6 Å². The number of fused-ring (bicyclic) bond motifs is 1. The fourth-order valence-electron chi connectivity index (χ4n) is 4.99. The summed E-state index contributed by atoms with van der Waals surface area (Å²) in [5.74, 6) is 0.197. The monoisotopic (exact) mass is 459 g/mol. The molecule has 1 atom stereocenters. The molecular weight excluding hydrogens is 430 g/mol. The zero-order valence-electron chi connectivity index (χ0n) is 18.9. The van der Waals surface area contributed by atoms with Crippen molar-refractivity contribution in [2.75, 3.05) is 39.3 Å². The lowest BCUT2D eigenvalue weighted by molar-refractivity contribution is -0.134. The molecule has 2 amide bonds. The van der Waals surface area contributed by atoms with Gasteiger partial charge in [-0.15, -0.1) is 11.3 Å². The van der Waals surface area contributed by atoms with Crippen LogP contribution in [0.4, 0.5) is 0 Å². The molecule has 0 saturated carbocycles. The highest BCUT2D eigenvalue weighted by molar-refractivity contribution is 7.10. The summed E-state index contributed by atoms with van der Waals surface area (Å²) in [4.78, 5) is 33.6. The minimum atomic E-state index is 0.0448. The summed E-state index contributed by atoms with van der Waals surface area (Å²) in [6, 6.07) is 20.2. The van der Waals surface area contributed by atoms with Gasteiger partial charge in [0, 0.05) is 43.2 Å². The second-order valence-corrected chi connectivity index (χ2v) is 9.82. The summed E-state index contributed by atoms with van der Waals surface area (Å²) in [6.45, 7) is 5.77. The Morgan fingerprint density at radius 1 is 0.848 bits per heavy atom. The molecule has 2 aromatic carbocycles. The van der Waals surface area contributed by atoms with Crippen LogP contribution < -0.4 is 0 Å². The third-order valence-corrected chi connectivity index (χ3v) is 7.82. The molecule has 0 bridgehead atoms. The first-order valence-corrected chi connectivity index (χ1v) is 12.5. The van der Waals surface area contributed by atoms with Gasteiger partial charge in [0.25, 0.3) is 5.91 Å². The van der Waals surface area contributed by atoms with Crippen LogP contribution in [-0.4, -0.2) is 65.8 Å². The van der Waals surface area contributed by atoms with Gasteiger partial charge in [-0.2, -0.15) is 0 Å². The highest BCUT2D eigenvalue weighted by atomic mass is 32.1. The molecule has 6 heteroatoms. The van der Waals surface area contributed by atoms with Gasteiger partial charge >= 0.3 is 0 Å². The van der Waals surface area contributed by atoms with Crippen LogP contribution in [0.3, 0.4) is 0 Å². The van der Waals surface area contributed by atoms with E-state index in [1.165, 1.54) is 21.6 Å². The number of piperazine rings is 1. The molecule has 3 heterocycles. The van der Waals surface area contributed by atoms with Crippen molar-refractivity contribution in [3.63, 3.8) is 0 Å². The normalized spacial score (nSPS) is 18.8. The first-order valence-electron chi connectivity index (χ1n) is 11.6. The van der Waals surface area contributed by atoms with Crippen molar-refractivity contribution >= 4 is 23.2 Å². The Kier molecular flexibility index (Phi) is 6.29. The molecule has 1 fully saturated rings. The fraction of sp³-hybridized carbons (Fsp3) is 0.333. The number of carbonyl (C=O) groups excluding carboxylic acids is 2. The van der Waals surface area contributed by atoms with Gasteiger partial charge in [0.2, 0.25) is 5.91 Å². The Morgan fingerprint density at radius 2 is 1.55 bits per heavy atom. The molecule has 1 saturated heterocycles. The highest BCUT2D eigenvalue weighted by Crippen LogP contribution is 2.38. The van der Waals surface area contributed by atoms with Gasteiger partial charge < -0.3 is 9.80 Å². The topological polar surface area (TPSA) is 43.9 Å². The van der Waals surface area contributed by atoms with Gasteiger partial charge in [-0.25, -0.2) is 0 Å². The second kappa shape index (κ2) is 9.49. The van der Waals surface area contributed by atoms with E-state index in [9.17, 15) is 9.59 Å². The SMILES string of the molecule is Cc1ccccc1[C@H]1c2ccsc2CCN1CC(=O)N1CCN(C(=O)c2ccccc2)CC1. The van der Waals surface area contributed by atoms with Crippen LogP contribution in [0, 0.1) is 6.92 Å². The zero-order valence-corrected chi connectivity index (χ0v) is 19.8. The van der Waals surface area contributed by atoms with E-state index < -0.39 is 0 Å². The maximum atomic E-state index is 13.3. The number of carbonyl (C=O) groups is 2. The van der Waals surface area contributed by atoms with Crippen LogP contribution in [0.5, 0.6) is 0 Å². The Morgan fingerprint density at radius 3 is 2.30 bits per heavy atom. The minimum absolute atomic E-state index is 0.0448. The molecule has 0 unspecified atom stereocenters. The lowest BCUT2D eigenvalue weighted by atomic mass is 9.90. The summed E-state index contributed by atoms with van der Waals surface area (Å²) < 4.78 is 0. The molecule has 33 heavy (non-hydrogen) atoms. The second-order valence-electron chi connectivity index (χ2n) is 8.82. The summed E-state index contributed by atoms with van der Waals surface area (Å²) in [5, 5.41) is 2.17. The maximum absolute atomic E-state index is 13.3. The van der Waals surface area contributed by atoms with Crippen LogP contribution in [0.2, 0.25) is 0 Å². The predicted molar refractivity (Wildman–Crippen MR) is 132 cm³/mol. The molecule has 5 nitrogen and oxygen atoms in total. The zero-order chi connectivity index (χ0) is 22.8. The van der Waals surface area contributed by atoms with Gasteiger partial charge in [0.1, 0.15) is 0 Å². The van der Waals surface area contributed by atoms with E-state index in [0.717, 1.165) is 13.0 Å². The van der Waals surface area contributed by atoms with E-state index in [4.69, 9.17) is 0 Å². The Bertz CT molecular complexity index is 1140. The van der Waals surface area contributed by atoms with E-state index in [1.54, 1.807) is 0 Å². The van der Waals surface area contributed by atoms with E-state index >= 15 is 0 Å². The smallest absolute Gasteiger partial charge is 0.253 e. The molecule has 0 N–H and O–H groups in total. The van der Waals surface area contributed by atoms with Gasteiger partial charge in [0.05, 0.1) is 12.6 Å². The molecular formula is C27H29N3O2S. The average Bonchev–Trinajstić information content (AvgIpc) is 3.34. The number of thiophene rings is 1. The molecule has 3 aromatic rings. The largest absolute Gasteiger partial charge is 0.338 e. The minimum Gasteiger partial charge on any atom is -0.338 e. The highest BCUT2D eigenvalue weighted by Gasteiger charge is 2.33. The first-order chi connectivity index (χ1) is 16.1. The molecule has 2 aliphatic heterocycles. The Labute approximate surface area is 199 Å². The standard InChI is InChI=1S/C27H29N3O2S/c1-20-7-5-6-10-22(20)26-23-12-18-33-24(23)11-13-30(26)19-25(31)28-14-16-29(17-15-28)27(32)21-8-3-2-4-9-21/h2-10,12,18,26H,11,13-17,19H2,1H3/t26-/m0/s1. The van der Waals surface area contributed by atoms with Crippen molar-refractivity contribution in [1.29, 1.82) is 0 Å². The van der Waals surface area contributed by atoms with Crippen LogP contribution >= 0.6 is 11.3 Å². The first kappa shape index (κ1) is 21.9. The van der Waals surface area contributed by atoms with Crippen LogP contribution in [-0.2, 0) is 11.2 Å². The van der Waals surface area contributed by atoms with E-state index in [0.29, 0.717) is 38.3 Å². The molecule has 0 spiro atoms. The van der Waals surface area contributed by atoms with Crippen molar-refractivity contribution in [3.8, 4) is 0 Å². The van der Waals surface area contributed by atoms with Gasteiger partial charge in [0.15, 0.2) is 0 Å². The number of rotatable bonds is 4. The summed E-state index contributed by atoms with van der Waals surface area (Å²) in [6.07, 6.45) is 0.988. The number of hydrogen-bond donors (Lipinski definition) is 0. The molecule has 170 valence electrons. The van der Waals surface area contributed by atoms with Crippen molar-refractivity contribution in [3.05, 3.63) is 93.2 Å². The lowest BCUT2D eigenvalue weighted by Crippen LogP contribution is -2.53. The van der Waals surface area contributed by atoms with Crippen molar-refractivity contribution in [2.24, 2.45) is 0 Å². The van der Waals surface area contributed by atoms with Crippen LogP contribution in [0.1, 0.15) is 38.0 Å². The average molecular weight is 460 g/mol. The predicted octanol–water partition coefficient (Wildman–Crippen LogP) is 3.99. The Balaban J connectivity index is 1.27. The maximum Gasteiger partial charge on any atom is 0.253 e. The quantitative estimate of drug-likeness (QED) is 0.593. The van der Waals surface area contributed by atoms with Crippen molar-refractivity contribution < 1.29 is 9.59 Å². The Hall–Kier alpha value is -2.96. The van der Waals surface area contributed by atoms with Crippen LogP contribution in [0.15, 0.2) is 66.0 Å². The van der Waals surface area contributed by atoms with Gasteiger partial charge in [-0.1, -0.05) is 42.5 Å². The van der Waals surface area contributed by atoms with E-state index in [2.05, 4.69) is 47.5 Å². The van der Waals surface area contributed by atoms with Crippen molar-refractivity contribution in [1.82, 2.24) is 14.7 Å². The van der Waals surface area contributed by atoms with Gasteiger partial charge in [-0.3, -0.25) is 14.5 Å². The third kappa shape index (κ3) is 4.45. The van der Waals surface area contributed by atoms with Crippen LogP contribution in [0.25, 0.3) is 0 Å². The molecule has 2 aliphatic rings. The lowest BCUT2D eigenvalue weighted by Gasteiger charge is -2.39. The molecule has 0 aliphatic carbocycles. The molecule has 1 aromatic heterocycles. The van der Waals surface area contributed by atoms with E-state index in [1.807, 2.05) is 51.5 Å². The summed E-state index contributed by atoms with van der Waals surface area (Å²) in [7, 11) is 0. The summed E-state index contributed by atoms with van der Waals surface area (Å²) >= 11 is 1.82. The number of amides is 2. The number of aryl methyl sites for hydroxylation is 1. The van der Waals surface area contributed by atoms with Crippen molar-refractivity contribution in [2.45, 2.75) is 19.4 Å². The molecule has 5 rings (SSSR count).